The second-order valence-corrected chi connectivity index (χ2v) is 8.93. The van der Waals surface area contributed by atoms with E-state index in [0.717, 1.165) is 49.1 Å². The Hall–Kier alpha value is -3.78. The Morgan fingerprint density at radius 1 is 1.20 bits per heavy atom. The Morgan fingerprint density at radius 2 is 2.03 bits per heavy atom. The molecule has 8 nitrogen and oxygen atoms in total. The zero-order chi connectivity index (χ0) is 24.4. The molecule has 1 aromatic carbocycles. The first-order valence-corrected chi connectivity index (χ1v) is 11.7. The first kappa shape index (κ1) is 23.0. The number of pyridine rings is 1. The number of fused-ring (bicyclic) bond motifs is 1. The number of methoxy groups -OCH3 is 2. The van der Waals surface area contributed by atoms with Gasteiger partial charge in [0.2, 0.25) is 0 Å². The number of H-pyrrole nitrogens is 1. The number of carbonyl (C=O) groups is 1. The SMILES string of the molecule is COc1ccc(C(=O)O)c(OC)c1CN1CCC(c2c[nH]c3nccc(Cc4ccoc4)c23)CC1. The van der Waals surface area contributed by atoms with Crippen molar-refractivity contribution in [1.82, 2.24) is 14.9 Å². The van der Waals surface area contributed by atoms with Gasteiger partial charge in [0.05, 0.1) is 32.3 Å². The maximum Gasteiger partial charge on any atom is 0.339 e. The molecule has 0 spiro atoms. The number of aromatic nitrogens is 2. The molecule has 4 aromatic rings. The number of nitrogens with zero attached hydrogens (tertiary/aromatic N) is 2. The summed E-state index contributed by atoms with van der Waals surface area (Å²) in [6.45, 7) is 2.35. The first-order chi connectivity index (χ1) is 17.1. The van der Waals surface area contributed by atoms with Crippen LogP contribution < -0.4 is 9.47 Å². The lowest BCUT2D eigenvalue weighted by molar-refractivity contribution is 0.0692. The monoisotopic (exact) mass is 475 g/mol. The number of ether oxygens (including phenoxy) is 2. The fraction of sp³-hybridized carbons (Fsp3) is 0.333. The summed E-state index contributed by atoms with van der Waals surface area (Å²) in [4.78, 5) is 21.9. The van der Waals surface area contributed by atoms with Crippen molar-refractivity contribution in [1.29, 1.82) is 0 Å². The third-order valence-electron chi connectivity index (χ3n) is 6.95. The van der Waals surface area contributed by atoms with E-state index in [1.807, 2.05) is 12.3 Å². The van der Waals surface area contributed by atoms with E-state index in [1.54, 1.807) is 25.7 Å². The lowest BCUT2D eigenvalue weighted by atomic mass is 9.87. The lowest BCUT2D eigenvalue weighted by Crippen LogP contribution is -2.32. The van der Waals surface area contributed by atoms with Crippen LogP contribution in [0.15, 0.2) is 53.6 Å². The van der Waals surface area contributed by atoms with Crippen molar-refractivity contribution < 1.29 is 23.8 Å². The second kappa shape index (κ2) is 9.84. The van der Waals surface area contributed by atoms with Crippen LogP contribution in [0, 0.1) is 0 Å². The van der Waals surface area contributed by atoms with E-state index >= 15 is 0 Å². The van der Waals surface area contributed by atoms with Crippen LogP contribution in [0.4, 0.5) is 0 Å². The van der Waals surface area contributed by atoms with E-state index in [4.69, 9.17) is 13.9 Å². The normalized spacial score (nSPS) is 14.9. The fourth-order valence-corrected chi connectivity index (χ4v) is 5.21. The number of piperidine rings is 1. The van der Waals surface area contributed by atoms with E-state index < -0.39 is 5.97 Å². The van der Waals surface area contributed by atoms with Gasteiger partial charge in [0.1, 0.15) is 22.7 Å². The second-order valence-electron chi connectivity index (χ2n) is 8.93. The molecule has 1 fully saturated rings. The molecule has 4 heterocycles. The van der Waals surface area contributed by atoms with Gasteiger partial charge in [-0.15, -0.1) is 0 Å². The number of nitrogens with one attached hydrogen (secondary N) is 1. The van der Waals surface area contributed by atoms with Gasteiger partial charge in [0.25, 0.3) is 0 Å². The number of carboxylic acid groups (broad SMARTS) is 1. The van der Waals surface area contributed by atoms with Crippen molar-refractivity contribution in [2.24, 2.45) is 0 Å². The molecule has 0 radical (unpaired) electrons. The predicted molar refractivity (Wildman–Crippen MR) is 131 cm³/mol. The van der Waals surface area contributed by atoms with Gasteiger partial charge < -0.3 is 24.0 Å². The average molecular weight is 476 g/mol. The number of benzene rings is 1. The molecule has 8 heteroatoms. The molecule has 5 rings (SSSR count). The third kappa shape index (κ3) is 4.49. The van der Waals surface area contributed by atoms with E-state index in [9.17, 15) is 9.90 Å². The third-order valence-corrected chi connectivity index (χ3v) is 6.95. The van der Waals surface area contributed by atoms with Crippen molar-refractivity contribution in [3.63, 3.8) is 0 Å². The Kier molecular flexibility index (Phi) is 6.46. The van der Waals surface area contributed by atoms with Crippen LogP contribution in [-0.2, 0) is 13.0 Å². The van der Waals surface area contributed by atoms with Crippen molar-refractivity contribution in [2.45, 2.75) is 31.7 Å². The van der Waals surface area contributed by atoms with Gasteiger partial charge in [0.15, 0.2) is 0 Å². The van der Waals surface area contributed by atoms with Crippen LogP contribution in [0.2, 0.25) is 0 Å². The average Bonchev–Trinajstić information content (AvgIpc) is 3.55. The molecule has 1 aliphatic rings. The molecule has 3 aromatic heterocycles. The molecule has 1 saturated heterocycles. The van der Waals surface area contributed by atoms with Gasteiger partial charge in [0, 0.05) is 30.7 Å². The van der Waals surface area contributed by atoms with Crippen LogP contribution in [-0.4, -0.2) is 53.3 Å². The van der Waals surface area contributed by atoms with Crippen LogP contribution in [0.25, 0.3) is 11.0 Å². The van der Waals surface area contributed by atoms with Gasteiger partial charge in [-0.25, -0.2) is 9.78 Å². The molecule has 0 saturated carbocycles. The summed E-state index contributed by atoms with van der Waals surface area (Å²) >= 11 is 0. The van der Waals surface area contributed by atoms with E-state index in [1.165, 1.54) is 29.7 Å². The van der Waals surface area contributed by atoms with Crippen LogP contribution in [0.1, 0.15) is 51.4 Å². The zero-order valence-electron chi connectivity index (χ0n) is 19.9. The van der Waals surface area contributed by atoms with Crippen molar-refractivity contribution in [3.8, 4) is 11.5 Å². The van der Waals surface area contributed by atoms with Crippen LogP contribution in [0.5, 0.6) is 11.5 Å². The van der Waals surface area contributed by atoms with E-state index in [-0.39, 0.29) is 5.56 Å². The summed E-state index contributed by atoms with van der Waals surface area (Å²) in [5, 5.41) is 10.8. The summed E-state index contributed by atoms with van der Waals surface area (Å²) in [6.07, 6.45) is 10.3. The van der Waals surface area contributed by atoms with Crippen LogP contribution >= 0.6 is 0 Å². The molecule has 0 unspecified atom stereocenters. The highest BCUT2D eigenvalue weighted by Gasteiger charge is 2.27. The molecular weight excluding hydrogens is 446 g/mol. The molecule has 35 heavy (non-hydrogen) atoms. The Balaban J connectivity index is 1.35. The number of hydrogen-bond acceptors (Lipinski definition) is 6. The number of hydrogen-bond donors (Lipinski definition) is 2. The van der Waals surface area contributed by atoms with Gasteiger partial charge >= 0.3 is 5.97 Å². The number of carboxylic acids is 1. The minimum atomic E-state index is -1.01. The molecule has 2 N–H and O–H groups in total. The molecule has 0 bridgehead atoms. The van der Waals surface area contributed by atoms with Gasteiger partial charge in [-0.1, -0.05) is 0 Å². The molecule has 0 atom stereocenters. The zero-order valence-corrected chi connectivity index (χ0v) is 19.9. The standard InChI is InChI=1S/C27H29N3O5/c1-33-23-4-3-20(27(31)32)25(34-2)22(23)15-30-10-6-18(7-11-30)21-14-29-26-24(21)19(5-9-28-26)13-17-8-12-35-16-17/h3-5,8-9,12,14,16,18H,6-7,10-11,13,15H2,1-2H3,(H,28,29)(H,31,32). The molecule has 0 amide bonds. The summed E-state index contributed by atoms with van der Waals surface area (Å²) in [7, 11) is 3.10. The van der Waals surface area contributed by atoms with Gasteiger partial charge in [-0.3, -0.25) is 4.90 Å². The summed E-state index contributed by atoms with van der Waals surface area (Å²) < 4.78 is 16.3. The Labute approximate surface area is 203 Å². The maximum atomic E-state index is 11.7. The smallest absolute Gasteiger partial charge is 0.339 e. The summed E-state index contributed by atoms with van der Waals surface area (Å²) in [6, 6.07) is 7.32. The predicted octanol–water partition coefficient (Wildman–Crippen LogP) is 4.84. The highest BCUT2D eigenvalue weighted by atomic mass is 16.5. The number of rotatable bonds is 8. The summed E-state index contributed by atoms with van der Waals surface area (Å²) in [5.74, 6) is 0.413. The minimum Gasteiger partial charge on any atom is -0.496 e. The Bertz CT molecular complexity index is 1320. The fourth-order valence-electron chi connectivity index (χ4n) is 5.21. The van der Waals surface area contributed by atoms with Crippen molar-refractivity contribution in [3.05, 3.63) is 77.0 Å². The van der Waals surface area contributed by atoms with Crippen LogP contribution in [0.3, 0.4) is 0 Å². The highest BCUT2D eigenvalue weighted by Crippen LogP contribution is 2.38. The quantitative estimate of drug-likeness (QED) is 0.376. The summed E-state index contributed by atoms with van der Waals surface area (Å²) in [5.41, 5.74) is 5.54. The first-order valence-electron chi connectivity index (χ1n) is 11.7. The van der Waals surface area contributed by atoms with Crippen molar-refractivity contribution in [2.75, 3.05) is 27.3 Å². The van der Waals surface area contributed by atoms with Crippen molar-refractivity contribution >= 4 is 17.0 Å². The Morgan fingerprint density at radius 3 is 2.71 bits per heavy atom. The number of aromatic carboxylic acids is 1. The van der Waals surface area contributed by atoms with E-state index in [2.05, 4.69) is 27.1 Å². The number of furan rings is 1. The highest BCUT2D eigenvalue weighted by molar-refractivity contribution is 5.92. The molecular formula is C27H29N3O5. The maximum absolute atomic E-state index is 11.7. The minimum absolute atomic E-state index is 0.148. The number of likely N-dealkylation sites (tertiary alicyclic amines) is 1. The largest absolute Gasteiger partial charge is 0.496 e. The van der Waals surface area contributed by atoms with E-state index in [0.29, 0.717) is 24.0 Å². The number of aromatic amines is 1. The van der Waals surface area contributed by atoms with Gasteiger partial charge in [-0.05, 0) is 72.8 Å². The topological polar surface area (TPSA) is 101 Å². The van der Waals surface area contributed by atoms with Gasteiger partial charge in [-0.2, -0.15) is 0 Å². The molecule has 182 valence electrons. The molecule has 1 aliphatic heterocycles. The lowest BCUT2D eigenvalue weighted by Gasteiger charge is -2.32. The molecule has 0 aliphatic carbocycles.